The molecule has 0 aliphatic carbocycles. The monoisotopic (exact) mass is 388 g/mol. The number of amides is 1. The molecule has 3 heterocycles. The molecule has 1 aromatic rings. The first-order valence-corrected chi connectivity index (χ1v) is 10.3. The van der Waals surface area contributed by atoms with Crippen LogP contribution in [0.15, 0.2) is 18.2 Å². The minimum atomic E-state index is -0.361. The predicted molar refractivity (Wildman–Crippen MR) is 106 cm³/mol. The van der Waals surface area contributed by atoms with Crippen molar-refractivity contribution < 1.29 is 14.5 Å². The van der Waals surface area contributed by atoms with Crippen LogP contribution < -0.4 is 10.2 Å². The SMILES string of the molecule is O=C(NCCN1CCOCC1)[C@H]1Cc2cc([N+](=O)[O-])ccc2N2CCCC[C@H]12. The fourth-order valence-electron chi connectivity index (χ4n) is 4.74. The summed E-state index contributed by atoms with van der Waals surface area (Å²) in [5, 5.41) is 14.3. The van der Waals surface area contributed by atoms with E-state index in [1.165, 1.54) is 0 Å². The summed E-state index contributed by atoms with van der Waals surface area (Å²) in [6.45, 7) is 5.70. The van der Waals surface area contributed by atoms with Crippen molar-refractivity contribution in [1.29, 1.82) is 0 Å². The molecule has 1 N–H and O–H groups in total. The molecule has 0 saturated carbocycles. The van der Waals surface area contributed by atoms with Crippen molar-refractivity contribution in [2.45, 2.75) is 31.7 Å². The number of ether oxygens (including phenoxy) is 1. The van der Waals surface area contributed by atoms with E-state index in [2.05, 4.69) is 15.1 Å². The second-order valence-electron chi connectivity index (χ2n) is 7.88. The number of hydrogen-bond acceptors (Lipinski definition) is 6. The lowest BCUT2D eigenvalue weighted by atomic mass is 9.80. The molecule has 2 atom stereocenters. The Morgan fingerprint density at radius 2 is 2.07 bits per heavy atom. The van der Waals surface area contributed by atoms with Gasteiger partial charge in [0.1, 0.15) is 0 Å². The number of piperidine rings is 1. The number of carbonyl (C=O) groups is 1. The highest BCUT2D eigenvalue weighted by atomic mass is 16.6. The van der Waals surface area contributed by atoms with E-state index in [9.17, 15) is 14.9 Å². The van der Waals surface area contributed by atoms with E-state index < -0.39 is 0 Å². The van der Waals surface area contributed by atoms with Gasteiger partial charge in [-0.05, 0) is 37.3 Å². The van der Waals surface area contributed by atoms with E-state index >= 15 is 0 Å². The van der Waals surface area contributed by atoms with Crippen molar-refractivity contribution in [2.24, 2.45) is 5.92 Å². The minimum Gasteiger partial charge on any atom is -0.379 e. The van der Waals surface area contributed by atoms with E-state index in [-0.39, 0.29) is 28.5 Å². The third-order valence-electron chi connectivity index (χ3n) is 6.20. The Bertz CT molecular complexity index is 735. The summed E-state index contributed by atoms with van der Waals surface area (Å²) < 4.78 is 5.36. The number of morpholine rings is 1. The molecular formula is C20H28N4O4. The first kappa shape index (κ1) is 19.1. The van der Waals surface area contributed by atoms with E-state index in [0.717, 1.165) is 69.9 Å². The van der Waals surface area contributed by atoms with E-state index in [0.29, 0.717) is 13.0 Å². The number of fused-ring (bicyclic) bond motifs is 3. The van der Waals surface area contributed by atoms with E-state index in [1.54, 1.807) is 12.1 Å². The molecule has 8 nitrogen and oxygen atoms in total. The lowest BCUT2D eigenvalue weighted by molar-refractivity contribution is -0.384. The quantitative estimate of drug-likeness (QED) is 0.609. The van der Waals surface area contributed by atoms with Crippen molar-refractivity contribution in [3.8, 4) is 0 Å². The van der Waals surface area contributed by atoms with Crippen LogP contribution in [0.5, 0.6) is 0 Å². The Kier molecular flexibility index (Phi) is 5.77. The van der Waals surface area contributed by atoms with Crippen molar-refractivity contribution in [2.75, 3.05) is 50.8 Å². The first-order chi connectivity index (χ1) is 13.6. The van der Waals surface area contributed by atoms with Crippen LogP contribution >= 0.6 is 0 Å². The number of carbonyl (C=O) groups excluding carboxylic acids is 1. The fourth-order valence-corrected chi connectivity index (χ4v) is 4.74. The highest BCUT2D eigenvalue weighted by molar-refractivity contribution is 5.82. The topological polar surface area (TPSA) is 88.0 Å². The van der Waals surface area contributed by atoms with Gasteiger partial charge in [-0.1, -0.05) is 0 Å². The molecule has 152 valence electrons. The molecule has 0 spiro atoms. The maximum atomic E-state index is 13.0. The molecule has 28 heavy (non-hydrogen) atoms. The number of anilines is 1. The average Bonchev–Trinajstić information content (AvgIpc) is 2.73. The Labute approximate surface area is 165 Å². The molecular weight excluding hydrogens is 360 g/mol. The number of rotatable bonds is 5. The second-order valence-corrected chi connectivity index (χ2v) is 7.88. The highest BCUT2D eigenvalue weighted by Crippen LogP contribution is 2.39. The Balaban J connectivity index is 1.45. The molecule has 8 heteroatoms. The summed E-state index contributed by atoms with van der Waals surface area (Å²) in [5.74, 6) is -0.0817. The van der Waals surface area contributed by atoms with Crippen molar-refractivity contribution >= 4 is 17.3 Å². The third kappa shape index (κ3) is 3.98. The summed E-state index contributed by atoms with van der Waals surface area (Å²) in [4.78, 5) is 28.4. The molecule has 3 aliphatic heterocycles. The van der Waals surface area contributed by atoms with Gasteiger partial charge in [0.05, 0.1) is 24.1 Å². The van der Waals surface area contributed by atoms with E-state index in [1.807, 2.05) is 6.07 Å². The molecule has 0 aromatic heterocycles. The lowest BCUT2D eigenvalue weighted by Crippen LogP contribution is -2.53. The zero-order valence-corrected chi connectivity index (χ0v) is 16.1. The predicted octanol–water partition coefficient (Wildman–Crippen LogP) is 1.57. The van der Waals surface area contributed by atoms with Gasteiger partial charge in [0.25, 0.3) is 5.69 Å². The van der Waals surface area contributed by atoms with Crippen LogP contribution in [0.1, 0.15) is 24.8 Å². The van der Waals surface area contributed by atoms with Gasteiger partial charge < -0.3 is 15.0 Å². The van der Waals surface area contributed by atoms with Crippen molar-refractivity contribution in [3.05, 3.63) is 33.9 Å². The van der Waals surface area contributed by atoms with E-state index in [4.69, 9.17) is 4.74 Å². The Hall–Kier alpha value is -2.19. The maximum Gasteiger partial charge on any atom is 0.269 e. The zero-order chi connectivity index (χ0) is 19.5. The number of hydrogen-bond donors (Lipinski definition) is 1. The standard InChI is InChI=1S/C20H28N4O4/c25-20(21-6-8-22-9-11-28-12-10-22)17-14-15-13-16(24(26)27)4-5-18(15)23-7-2-1-3-19(17)23/h4-5,13,17,19H,1-3,6-12,14H2,(H,21,25)/t17-,19+/m0/s1. The number of non-ortho nitro benzene ring substituents is 1. The fraction of sp³-hybridized carbons (Fsp3) is 0.650. The summed E-state index contributed by atoms with van der Waals surface area (Å²) in [6, 6.07) is 5.27. The molecule has 2 fully saturated rings. The number of nitro groups is 1. The molecule has 0 unspecified atom stereocenters. The van der Waals surface area contributed by atoms with Crippen LogP contribution in [0.2, 0.25) is 0 Å². The zero-order valence-electron chi connectivity index (χ0n) is 16.1. The second kappa shape index (κ2) is 8.45. The lowest BCUT2D eigenvalue weighted by Gasteiger charge is -2.46. The number of nitrogens with zero attached hydrogens (tertiary/aromatic N) is 3. The summed E-state index contributed by atoms with van der Waals surface area (Å²) in [5.41, 5.74) is 2.08. The molecule has 3 aliphatic rings. The smallest absolute Gasteiger partial charge is 0.269 e. The molecule has 2 saturated heterocycles. The van der Waals surface area contributed by atoms with Gasteiger partial charge >= 0.3 is 0 Å². The van der Waals surface area contributed by atoms with Crippen LogP contribution in [-0.4, -0.2) is 67.7 Å². The van der Waals surface area contributed by atoms with Crippen LogP contribution in [0, 0.1) is 16.0 Å². The molecule has 4 rings (SSSR count). The summed E-state index contributed by atoms with van der Waals surface area (Å²) >= 11 is 0. The molecule has 0 bridgehead atoms. The van der Waals surface area contributed by atoms with Crippen LogP contribution in [0.25, 0.3) is 0 Å². The largest absolute Gasteiger partial charge is 0.379 e. The highest BCUT2D eigenvalue weighted by Gasteiger charge is 2.39. The Morgan fingerprint density at radius 1 is 1.25 bits per heavy atom. The average molecular weight is 388 g/mol. The van der Waals surface area contributed by atoms with Gasteiger partial charge in [-0.15, -0.1) is 0 Å². The van der Waals surface area contributed by atoms with Crippen molar-refractivity contribution in [3.63, 3.8) is 0 Å². The number of nitro benzene ring substituents is 1. The summed E-state index contributed by atoms with van der Waals surface area (Å²) in [6.07, 6.45) is 3.79. The van der Waals surface area contributed by atoms with Gasteiger partial charge in [0.2, 0.25) is 5.91 Å². The van der Waals surface area contributed by atoms with Crippen LogP contribution in [-0.2, 0) is 16.0 Å². The summed E-state index contributed by atoms with van der Waals surface area (Å²) in [7, 11) is 0. The van der Waals surface area contributed by atoms with Gasteiger partial charge in [0, 0.05) is 56.6 Å². The maximum absolute atomic E-state index is 13.0. The minimum absolute atomic E-state index is 0.0716. The Morgan fingerprint density at radius 3 is 2.86 bits per heavy atom. The van der Waals surface area contributed by atoms with Gasteiger partial charge in [0.15, 0.2) is 0 Å². The first-order valence-electron chi connectivity index (χ1n) is 10.3. The third-order valence-corrected chi connectivity index (χ3v) is 6.20. The number of benzene rings is 1. The van der Waals surface area contributed by atoms with Crippen LogP contribution in [0.4, 0.5) is 11.4 Å². The molecule has 1 aromatic carbocycles. The molecule has 0 radical (unpaired) electrons. The van der Waals surface area contributed by atoms with Gasteiger partial charge in [-0.2, -0.15) is 0 Å². The molecule has 1 amide bonds. The number of nitrogens with one attached hydrogen (secondary N) is 1. The van der Waals surface area contributed by atoms with Gasteiger partial charge in [-0.25, -0.2) is 0 Å². The van der Waals surface area contributed by atoms with Gasteiger partial charge in [-0.3, -0.25) is 19.8 Å². The van der Waals surface area contributed by atoms with Crippen molar-refractivity contribution in [1.82, 2.24) is 10.2 Å². The normalized spacial score (nSPS) is 24.9. The van der Waals surface area contributed by atoms with Crippen LogP contribution in [0.3, 0.4) is 0 Å².